The van der Waals surface area contributed by atoms with Gasteiger partial charge in [-0.1, -0.05) is 80.5 Å². The second kappa shape index (κ2) is 14.4. The molecular weight excluding hydrogens is 433 g/mol. The normalized spacial score (nSPS) is 12.2. The SMILES string of the molecule is C=CCc1ccc(-c2ccc(-c3ccc(C=CCCCC(C)OCCCCC)cc3)nc2)cc1F. The first kappa shape index (κ1) is 26.6. The van der Waals surface area contributed by atoms with Gasteiger partial charge >= 0.3 is 0 Å². The van der Waals surface area contributed by atoms with Gasteiger partial charge in [-0.25, -0.2) is 4.39 Å². The highest BCUT2D eigenvalue weighted by atomic mass is 19.1. The van der Waals surface area contributed by atoms with Gasteiger partial charge in [-0.15, -0.1) is 6.58 Å². The molecule has 0 N–H and O–H groups in total. The molecule has 35 heavy (non-hydrogen) atoms. The van der Waals surface area contributed by atoms with Crippen LogP contribution in [0.1, 0.15) is 63.5 Å². The lowest BCUT2D eigenvalue weighted by molar-refractivity contribution is 0.0566. The highest BCUT2D eigenvalue weighted by Crippen LogP contribution is 2.25. The van der Waals surface area contributed by atoms with Crippen LogP contribution in [0.15, 0.2) is 79.5 Å². The van der Waals surface area contributed by atoms with Gasteiger partial charge in [-0.3, -0.25) is 4.98 Å². The van der Waals surface area contributed by atoms with Crippen LogP contribution in [0, 0.1) is 5.82 Å². The fourth-order valence-corrected chi connectivity index (χ4v) is 4.01. The molecule has 0 aliphatic carbocycles. The summed E-state index contributed by atoms with van der Waals surface area (Å²) in [7, 11) is 0. The number of unbranched alkanes of at least 4 members (excludes halogenated alkanes) is 3. The zero-order valence-corrected chi connectivity index (χ0v) is 21.2. The predicted molar refractivity (Wildman–Crippen MR) is 147 cm³/mol. The number of hydrogen-bond donors (Lipinski definition) is 0. The zero-order valence-electron chi connectivity index (χ0n) is 21.2. The number of pyridine rings is 1. The molecule has 3 rings (SSSR count). The van der Waals surface area contributed by atoms with Crippen molar-refractivity contribution < 1.29 is 9.13 Å². The monoisotopic (exact) mass is 471 g/mol. The minimum Gasteiger partial charge on any atom is -0.379 e. The first-order valence-electron chi connectivity index (χ1n) is 12.8. The number of rotatable bonds is 14. The summed E-state index contributed by atoms with van der Waals surface area (Å²) in [5, 5.41) is 0. The number of benzene rings is 2. The standard InChI is InChI=1S/C32H38FNO/c1-4-6-10-22-35-25(3)12-8-7-9-13-26-14-16-28(17-15-26)32-21-20-30(24-34-32)29-19-18-27(11-5-2)31(33)23-29/h5,9,13-21,23-25H,2,4,6-8,10-12,22H2,1,3H3. The quantitative estimate of drug-likeness (QED) is 0.173. The second-order valence-corrected chi connectivity index (χ2v) is 9.07. The van der Waals surface area contributed by atoms with E-state index in [0.717, 1.165) is 48.3 Å². The van der Waals surface area contributed by atoms with E-state index in [1.165, 1.54) is 24.8 Å². The summed E-state index contributed by atoms with van der Waals surface area (Å²) < 4.78 is 20.1. The van der Waals surface area contributed by atoms with Gasteiger partial charge in [0.25, 0.3) is 0 Å². The van der Waals surface area contributed by atoms with Crippen LogP contribution >= 0.6 is 0 Å². The van der Waals surface area contributed by atoms with Crippen LogP contribution in [0.5, 0.6) is 0 Å². The zero-order chi connectivity index (χ0) is 24.9. The van der Waals surface area contributed by atoms with Gasteiger partial charge in [0.2, 0.25) is 0 Å². The molecule has 0 fully saturated rings. The summed E-state index contributed by atoms with van der Waals surface area (Å²) in [4.78, 5) is 4.61. The second-order valence-electron chi connectivity index (χ2n) is 9.07. The molecule has 3 heteroatoms. The summed E-state index contributed by atoms with van der Waals surface area (Å²) >= 11 is 0. The lowest BCUT2D eigenvalue weighted by Crippen LogP contribution is -2.08. The molecule has 2 aromatic carbocycles. The van der Waals surface area contributed by atoms with Gasteiger partial charge in [0.15, 0.2) is 0 Å². The number of allylic oxidation sites excluding steroid dienone is 2. The number of hydrogen-bond acceptors (Lipinski definition) is 2. The average Bonchev–Trinajstić information content (AvgIpc) is 2.88. The van der Waals surface area contributed by atoms with Gasteiger partial charge in [-0.2, -0.15) is 0 Å². The maximum Gasteiger partial charge on any atom is 0.127 e. The molecule has 0 bridgehead atoms. The van der Waals surface area contributed by atoms with E-state index < -0.39 is 0 Å². The molecule has 1 atom stereocenters. The van der Waals surface area contributed by atoms with E-state index in [4.69, 9.17) is 4.74 Å². The van der Waals surface area contributed by atoms with E-state index in [-0.39, 0.29) is 5.82 Å². The van der Waals surface area contributed by atoms with Crippen LogP contribution in [0.4, 0.5) is 4.39 Å². The van der Waals surface area contributed by atoms with Crippen molar-refractivity contribution in [1.82, 2.24) is 4.98 Å². The van der Waals surface area contributed by atoms with Crippen molar-refractivity contribution in [3.05, 3.63) is 96.5 Å². The third-order valence-corrected chi connectivity index (χ3v) is 6.16. The molecule has 1 unspecified atom stereocenters. The molecule has 1 aromatic heterocycles. The lowest BCUT2D eigenvalue weighted by Gasteiger charge is -2.12. The Balaban J connectivity index is 1.49. The fourth-order valence-electron chi connectivity index (χ4n) is 4.01. The molecule has 1 heterocycles. The number of halogens is 1. The predicted octanol–water partition coefficient (Wildman–Crippen LogP) is 9.06. The highest BCUT2D eigenvalue weighted by Gasteiger charge is 2.06. The molecule has 0 radical (unpaired) electrons. The number of nitrogens with zero attached hydrogens (tertiary/aromatic N) is 1. The summed E-state index contributed by atoms with van der Waals surface area (Å²) in [5.41, 5.74) is 5.54. The van der Waals surface area contributed by atoms with Crippen LogP contribution in [0.2, 0.25) is 0 Å². The third-order valence-electron chi connectivity index (χ3n) is 6.16. The summed E-state index contributed by atoms with van der Waals surface area (Å²) in [6.07, 6.45) is 15.8. The Morgan fingerprint density at radius 3 is 2.43 bits per heavy atom. The number of ether oxygens (including phenoxy) is 1. The minimum absolute atomic E-state index is 0.208. The van der Waals surface area contributed by atoms with Crippen LogP contribution in [0.3, 0.4) is 0 Å². The fraction of sp³-hybridized carbons (Fsp3) is 0.344. The first-order chi connectivity index (χ1) is 17.1. The Hall–Kier alpha value is -3.04. The van der Waals surface area contributed by atoms with Gasteiger partial charge in [0.05, 0.1) is 11.8 Å². The lowest BCUT2D eigenvalue weighted by atomic mass is 10.0. The van der Waals surface area contributed by atoms with E-state index in [1.54, 1.807) is 18.3 Å². The van der Waals surface area contributed by atoms with Crippen molar-refractivity contribution in [3.8, 4) is 22.4 Å². The van der Waals surface area contributed by atoms with Gasteiger partial charge in [0.1, 0.15) is 5.82 Å². The Kier molecular flexibility index (Phi) is 10.9. The van der Waals surface area contributed by atoms with E-state index in [9.17, 15) is 4.39 Å². The summed E-state index contributed by atoms with van der Waals surface area (Å²) in [5.74, 6) is -0.208. The molecule has 0 amide bonds. The maximum absolute atomic E-state index is 14.3. The molecule has 0 saturated heterocycles. The van der Waals surface area contributed by atoms with Crippen LogP contribution < -0.4 is 0 Å². The molecular formula is C32H38FNO. The van der Waals surface area contributed by atoms with E-state index in [1.807, 2.05) is 24.3 Å². The van der Waals surface area contributed by atoms with Crippen molar-refractivity contribution in [2.45, 2.75) is 64.9 Å². The minimum atomic E-state index is -0.208. The molecule has 0 aliphatic rings. The Morgan fingerprint density at radius 2 is 1.74 bits per heavy atom. The van der Waals surface area contributed by atoms with E-state index in [0.29, 0.717) is 18.1 Å². The Morgan fingerprint density at radius 1 is 0.971 bits per heavy atom. The molecule has 2 nitrogen and oxygen atoms in total. The smallest absolute Gasteiger partial charge is 0.127 e. The molecule has 3 aromatic rings. The van der Waals surface area contributed by atoms with Crippen LogP contribution in [-0.2, 0) is 11.2 Å². The largest absolute Gasteiger partial charge is 0.379 e. The van der Waals surface area contributed by atoms with E-state index in [2.05, 4.69) is 61.8 Å². The Labute approximate surface area is 210 Å². The summed E-state index contributed by atoms with van der Waals surface area (Å²) in [6, 6.07) is 17.7. The van der Waals surface area contributed by atoms with Crippen molar-refractivity contribution in [2.75, 3.05) is 6.61 Å². The third kappa shape index (κ3) is 8.60. The van der Waals surface area contributed by atoms with Gasteiger partial charge in [-0.05, 0) is 67.9 Å². The van der Waals surface area contributed by atoms with Crippen molar-refractivity contribution >= 4 is 6.08 Å². The summed E-state index contributed by atoms with van der Waals surface area (Å²) in [6.45, 7) is 8.95. The van der Waals surface area contributed by atoms with Crippen LogP contribution in [-0.4, -0.2) is 17.7 Å². The topological polar surface area (TPSA) is 22.1 Å². The van der Waals surface area contributed by atoms with Gasteiger partial charge in [0, 0.05) is 23.9 Å². The van der Waals surface area contributed by atoms with Crippen molar-refractivity contribution in [3.63, 3.8) is 0 Å². The van der Waals surface area contributed by atoms with Crippen LogP contribution in [0.25, 0.3) is 28.5 Å². The molecule has 0 spiro atoms. The molecule has 184 valence electrons. The van der Waals surface area contributed by atoms with Crippen molar-refractivity contribution in [2.24, 2.45) is 0 Å². The maximum atomic E-state index is 14.3. The first-order valence-corrected chi connectivity index (χ1v) is 12.8. The van der Waals surface area contributed by atoms with Crippen molar-refractivity contribution in [1.29, 1.82) is 0 Å². The molecule has 0 saturated carbocycles. The van der Waals surface area contributed by atoms with E-state index >= 15 is 0 Å². The average molecular weight is 472 g/mol. The highest BCUT2D eigenvalue weighted by molar-refractivity contribution is 5.68. The van der Waals surface area contributed by atoms with Gasteiger partial charge < -0.3 is 4.74 Å². The number of aromatic nitrogens is 1. The Bertz CT molecular complexity index is 1070. The molecule has 0 aliphatic heterocycles.